The quantitative estimate of drug-likeness (QED) is 0.722. The monoisotopic (exact) mass is 295 g/mol. The zero-order valence-electron chi connectivity index (χ0n) is 13.9. The lowest BCUT2D eigenvalue weighted by atomic mass is 9.51. The molecular formula is C17H33N3O. The molecule has 1 saturated heterocycles. The highest BCUT2D eigenvalue weighted by atomic mass is 16.5. The molecule has 3 rings (SSSR count). The molecule has 1 N–H and O–H groups in total. The molecule has 1 aliphatic heterocycles. The van der Waals surface area contributed by atoms with E-state index >= 15 is 0 Å². The Morgan fingerprint density at radius 2 is 1.95 bits per heavy atom. The summed E-state index contributed by atoms with van der Waals surface area (Å²) in [5.41, 5.74) is 0.518. The lowest BCUT2D eigenvalue weighted by Crippen LogP contribution is -2.67. The van der Waals surface area contributed by atoms with Crippen LogP contribution in [0, 0.1) is 5.41 Å². The van der Waals surface area contributed by atoms with Crippen LogP contribution < -0.4 is 5.32 Å². The van der Waals surface area contributed by atoms with Crippen molar-refractivity contribution in [3.05, 3.63) is 0 Å². The molecule has 0 radical (unpaired) electrons. The minimum Gasteiger partial charge on any atom is -0.378 e. The van der Waals surface area contributed by atoms with Gasteiger partial charge in [0.05, 0.1) is 6.10 Å². The Labute approximate surface area is 130 Å². The van der Waals surface area contributed by atoms with E-state index in [-0.39, 0.29) is 0 Å². The number of piperazine rings is 1. The van der Waals surface area contributed by atoms with E-state index in [1.54, 1.807) is 0 Å². The molecular weight excluding hydrogens is 262 g/mol. The molecule has 0 aromatic rings. The summed E-state index contributed by atoms with van der Waals surface area (Å²) < 4.78 is 5.92. The average molecular weight is 295 g/mol. The van der Waals surface area contributed by atoms with Gasteiger partial charge >= 0.3 is 0 Å². The third kappa shape index (κ3) is 3.29. The highest BCUT2D eigenvalue weighted by molar-refractivity contribution is 5.12. The van der Waals surface area contributed by atoms with Crippen molar-refractivity contribution in [3.63, 3.8) is 0 Å². The Morgan fingerprint density at radius 1 is 1.19 bits per heavy atom. The van der Waals surface area contributed by atoms with Gasteiger partial charge in [0.15, 0.2) is 0 Å². The van der Waals surface area contributed by atoms with E-state index in [4.69, 9.17) is 4.74 Å². The lowest BCUT2D eigenvalue weighted by molar-refractivity contribution is -0.172. The summed E-state index contributed by atoms with van der Waals surface area (Å²) in [6.07, 6.45) is 7.24. The summed E-state index contributed by atoms with van der Waals surface area (Å²) in [5, 5.41) is 3.83. The van der Waals surface area contributed by atoms with Gasteiger partial charge in [-0.1, -0.05) is 6.42 Å². The first-order valence-electron chi connectivity index (χ1n) is 9.00. The van der Waals surface area contributed by atoms with Crippen LogP contribution in [0.15, 0.2) is 0 Å². The molecule has 3 fully saturated rings. The number of hydrogen-bond acceptors (Lipinski definition) is 4. The Hall–Kier alpha value is -0.160. The number of rotatable bonds is 7. The van der Waals surface area contributed by atoms with Gasteiger partial charge < -0.3 is 19.9 Å². The largest absolute Gasteiger partial charge is 0.378 e. The van der Waals surface area contributed by atoms with E-state index in [0.717, 1.165) is 12.6 Å². The first-order valence-corrected chi connectivity index (χ1v) is 9.00. The van der Waals surface area contributed by atoms with Crippen molar-refractivity contribution in [2.24, 2.45) is 5.41 Å². The van der Waals surface area contributed by atoms with E-state index in [1.165, 1.54) is 71.4 Å². The molecule has 4 heteroatoms. The molecule has 3 aliphatic rings. The first-order chi connectivity index (χ1) is 10.2. The fraction of sp³-hybridized carbons (Fsp3) is 1.00. The summed E-state index contributed by atoms with van der Waals surface area (Å²) in [7, 11) is 2.22. The van der Waals surface area contributed by atoms with Crippen molar-refractivity contribution in [1.29, 1.82) is 0 Å². The number of ether oxygens (including phenoxy) is 1. The second-order valence-electron chi connectivity index (χ2n) is 7.27. The van der Waals surface area contributed by atoms with E-state index < -0.39 is 0 Å². The van der Waals surface area contributed by atoms with Gasteiger partial charge in [0.25, 0.3) is 0 Å². The minimum absolute atomic E-state index is 0.518. The summed E-state index contributed by atoms with van der Waals surface area (Å²) in [5.74, 6) is 0. The Balaban J connectivity index is 1.31. The number of nitrogens with one attached hydrogen (secondary N) is 1. The molecule has 122 valence electrons. The molecule has 21 heavy (non-hydrogen) atoms. The van der Waals surface area contributed by atoms with Gasteiger partial charge in [-0.25, -0.2) is 0 Å². The number of nitrogens with zero attached hydrogens (tertiary/aromatic N) is 2. The summed E-state index contributed by atoms with van der Waals surface area (Å²) in [6.45, 7) is 10.4. The van der Waals surface area contributed by atoms with Gasteiger partial charge in [-0.15, -0.1) is 0 Å². The fourth-order valence-corrected chi connectivity index (χ4v) is 4.38. The molecule has 2 aliphatic carbocycles. The topological polar surface area (TPSA) is 27.7 Å². The summed E-state index contributed by atoms with van der Waals surface area (Å²) in [6, 6.07) is 0.732. The molecule has 1 heterocycles. The second kappa shape index (κ2) is 6.95. The summed E-state index contributed by atoms with van der Waals surface area (Å²) >= 11 is 0. The molecule has 2 saturated carbocycles. The lowest BCUT2D eigenvalue weighted by Gasteiger charge is -2.61. The van der Waals surface area contributed by atoms with Crippen LogP contribution in [0.25, 0.3) is 0 Å². The molecule has 1 spiro atoms. The molecule has 0 amide bonds. The molecule has 2 atom stereocenters. The van der Waals surface area contributed by atoms with Crippen molar-refractivity contribution in [3.8, 4) is 0 Å². The molecule has 0 aromatic carbocycles. The van der Waals surface area contributed by atoms with E-state index in [2.05, 4.69) is 29.1 Å². The van der Waals surface area contributed by atoms with Crippen LogP contribution in [-0.2, 0) is 4.74 Å². The van der Waals surface area contributed by atoms with Crippen molar-refractivity contribution < 1.29 is 4.74 Å². The second-order valence-corrected chi connectivity index (χ2v) is 7.27. The van der Waals surface area contributed by atoms with Gasteiger partial charge in [0.1, 0.15) is 0 Å². The number of likely N-dealkylation sites (N-methyl/N-ethyl adjacent to an activating group) is 1. The van der Waals surface area contributed by atoms with E-state index in [0.29, 0.717) is 11.5 Å². The van der Waals surface area contributed by atoms with Crippen LogP contribution in [0.1, 0.15) is 39.0 Å². The Kier molecular flexibility index (Phi) is 5.20. The van der Waals surface area contributed by atoms with Crippen LogP contribution in [0.4, 0.5) is 0 Å². The zero-order valence-corrected chi connectivity index (χ0v) is 13.9. The van der Waals surface area contributed by atoms with Gasteiger partial charge in [0.2, 0.25) is 0 Å². The predicted molar refractivity (Wildman–Crippen MR) is 86.7 cm³/mol. The maximum Gasteiger partial charge on any atom is 0.0661 e. The van der Waals surface area contributed by atoms with Crippen LogP contribution in [0.2, 0.25) is 0 Å². The van der Waals surface area contributed by atoms with Crippen molar-refractivity contribution in [2.45, 2.75) is 51.2 Å². The van der Waals surface area contributed by atoms with E-state index in [9.17, 15) is 0 Å². The Morgan fingerprint density at radius 3 is 2.57 bits per heavy atom. The van der Waals surface area contributed by atoms with Crippen molar-refractivity contribution >= 4 is 0 Å². The van der Waals surface area contributed by atoms with Gasteiger partial charge in [-0.2, -0.15) is 0 Å². The molecule has 2 unspecified atom stereocenters. The van der Waals surface area contributed by atoms with Gasteiger partial charge in [-0.3, -0.25) is 0 Å². The predicted octanol–water partition coefficient (Wildman–Crippen LogP) is 1.56. The minimum atomic E-state index is 0.518. The maximum atomic E-state index is 5.92. The van der Waals surface area contributed by atoms with Crippen LogP contribution >= 0.6 is 0 Å². The smallest absolute Gasteiger partial charge is 0.0661 e. The normalized spacial score (nSPS) is 32.9. The molecule has 0 aromatic heterocycles. The van der Waals surface area contributed by atoms with E-state index in [1.807, 2.05) is 0 Å². The van der Waals surface area contributed by atoms with Crippen molar-refractivity contribution in [1.82, 2.24) is 15.1 Å². The third-order valence-electron chi connectivity index (χ3n) is 6.08. The highest BCUT2D eigenvalue weighted by Gasteiger charge is 2.58. The highest BCUT2D eigenvalue weighted by Crippen LogP contribution is 2.57. The molecule has 4 nitrogen and oxygen atoms in total. The maximum absolute atomic E-state index is 5.92. The zero-order chi connectivity index (χ0) is 14.7. The fourth-order valence-electron chi connectivity index (χ4n) is 4.38. The average Bonchev–Trinajstić information content (AvgIpc) is 2.41. The third-order valence-corrected chi connectivity index (χ3v) is 6.08. The first kappa shape index (κ1) is 15.7. The summed E-state index contributed by atoms with van der Waals surface area (Å²) in [4.78, 5) is 5.04. The van der Waals surface area contributed by atoms with Crippen LogP contribution in [0.3, 0.4) is 0 Å². The van der Waals surface area contributed by atoms with Crippen LogP contribution in [-0.4, -0.2) is 74.9 Å². The van der Waals surface area contributed by atoms with Crippen molar-refractivity contribution in [2.75, 3.05) is 52.9 Å². The van der Waals surface area contributed by atoms with Gasteiger partial charge in [0, 0.05) is 44.2 Å². The SMILES string of the molecule is CCOC1CC(NCCCN2CCN(C)CC2)C12CCC2. The van der Waals surface area contributed by atoms with Crippen LogP contribution in [0.5, 0.6) is 0 Å². The standard InChI is InChI=1S/C17H33N3O/c1-3-21-16-14-15(17(16)6-4-7-17)18-8-5-9-20-12-10-19(2)11-13-20/h15-16,18H,3-14H2,1-2H3. The molecule has 0 bridgehead atoms. The number of hydrogen-bond donors (Lipinski definition) is 1. The Bertz CT molecular complexity index is 324. The van der Waals surface area contributed by atoms with Gasteiger partial charge in [-0.05, 0) is 52.7 Å².